The van der Waals surface area contributed by atoms with Gasteiger partial charge >= 0.3 is 5.97 Å². The molecule has 88 valence electrons. The molecule has 0 fully saturated rings. The van der Waals surface area contributed by atoms with Crippen LogP contribution in [-0.2, 0) is 11.2 Å². The molecular weight excluding hydrogens is 224 g/mol. The van der Waals surface area contributed by atoms with Crippen LogP contribution in [0.5, 0.6) is 0 Å². The van der Waals surface area contributed by atoms with Gasteiger partial charge in [-0.15, -0.1) is 11.6 Å². The zero-order valence-electron chi connectivity index (χ0n) is 9.54. The second-order valence-electron chi connectivity index (χ2n) is 3.69. The van der Waals surface area contributed by atoms with Crippen molar-refractivity contribution in [1.82, 2.24) is 0 Å². The highest BCUT2D eigenvalue weighted by Crippen LogP contribution is 2.09. The molecule has 0 aliphatic rings. The summed E-state index contributed by atoms with van der Waals surface area (Å²) in [4.78, 5) is 11.2. The summed E-state index contributed by atoms with van der Waals surface area (Å²) in [6, 6.07) is 7.57. The lowest BCUT2D eigenvalue weighted by atomic mass is 10.1. The van der Waals surface area contributed by atoms with Gasteiger partial charge in [0.1, 0.15) is 0 Å². The first-order valence-corrected chi connectivity index (χ1v) is 6.04. The number of benzene rings is 1. The molecular formula is C13H17ClO2. The van der Waals surface area contributed by atoms with Gasteiger partial charge in [0, 0.05) is 5.88 Å². The lowest BCUT2D eigenvalue weighted by Crippen LogP contribution is -2.00. The van der Waals surface area contributed by atoms with Crippen molar-refractivity contribution < 1.29 is 9.53 Å². The van der Waals surface area contributed by atoms with E-state index >= 15 is 0 Å². The fourth-order valence-corrected chi connectivity index (χ4v) is 1.71. The number of methoxy groups -OCH3 is 1. The van der Waals surface area contributed by atoms with E-state index in [9.17, 15) is 4.79 Å². The summed E-state index contributed by atoms with van der Waals surface area (Å²) >= 11 is 5.60. The number of hydrogen-bond donors (Lipinski definition) is 0. The number of unbranched alkanes of at least 4 members (excludes halogenated alkanes) is 2. The minimum atomic E-state index is -0.284. The van der Waals surface area contributed by atoms with E-state index in [1.54, 1.807) is 0 Å². The van der Waals surface area contributed by atoms with E-state index in [4.69, 9.17) is 11.6 Å². The molecule has 0 radical (unpaired) electrons. The fraction of sp³-hybridized carbons (Fsp3) is 0.462. The SMILES string of the molecule is COC(=O)c1ccc(CCCCCCl)cc1. The lowest BCUT2D eigenvalue weighted by Gasteiger charge is -2.02. The van der Waals surface area contributed by atoms with Crippen molar-refractivity contribution in [2.75, 3.05) is 13.0 Å². The van der Waals surface area contributed by atoms with Gasteiger partial charge in [0.25, 0.3) is 0 Å². The van der Waals surface area contributed by atoms with Crippen molar-refractivity contribution in [2.45, 2.75) is 25.7 Å². The molecule has 0 aliphatic carbocycles. The topological polar surface area (TPSA) is 26.3 Å². The molecule has 0 N–H and O–H groups in total. The van der Waals surface area contributed by atoms with Crippen molar-refractivity contribution in [2.24, 2.45) is 0 Å². The molecule has 0 atom stereocenters. The molecule has 3 heteroatoms. The molecule has 16 heavy (non-hydrogen) atoms. The first-order chi connectivity index (χ1) is 7.77. The Morgan fingerprint density at radius 1 is 1.19 bits per heavy atom. The Bertz CT molecular complexity index is 319. The third-order valence-electron chi connectivity index (χ3n) is 2.47. The van der Waals surface area contributed by atoms with E-state index < -0.39 is 0 Å². The molecule has 1 aromatic rings. The standard InChI is InChI=1S/C13H17ClO2/c1-16-13(15)12-8-6-11(7-9-12)5-3-2-4-10-14/h6-9H,2-5,10H2,1H3. The number of hydrogen-bond acceptors (Lipinski definition) is 2. The van der Waals surface area contributed by atoms with Gasteiger partial charge in [0.05, 0.1) is 12.7 Å². The number of ether oxygens (including phenoxy) is 1. The maximum atomic E-state index is 11.2. The van der Waals surface area contributed by atoms with Crippen molar-refractivity contribution in [3.05, 3.63) is 35.4 Å². The van der Waals surface area contributed by atoms with Crippen LogP contribution in [0, 0.1) is 0 Å². The van der Waals surface area contributed by atoms with Crippen LogP contribution >= 0.6 is 11.6 Å². The van der Waals surface area contributed by atoms with Crippen molar-refractivity contribution in [1.29, 1.82) is 0 Å². The van der Waals surface area contributed by atoms with Crippen LogP contribution in [0.4, 0.5) is 0 Å². The van der Waals surface area contributed by atoms with E-state index in [0.29, 0.717) is 5.56 Å². The van der Waals surface area contributed by atoms with Crippen molar-refractivity contribution in [3.63, 3.8) is 0 Å². The monoisotopic (exact) mass is 240 g/mol. The number of esters is 1. The van der Waals surface area contributed by atoms with E-state index in [1.165, 1.54) is 12.7 Å². The molecule has 0 saturated heterocycles. The van der Waals surface area contributed by atoms with Crippen molar-refractivity contribution >= 4 is 17.6 Å². The molecule has 0 spiro atoms. The number of aryl methyl sites for hydroxylation is 1. The Kier molecular flexibility index (Phi) is 5.94. The summed E-state index contributed by atoms with van der Waals surface area (Å²) in [5, 5.41) is 0. The van der Waals surface area contributed by atoms with Gasteiger partial charge < -0.3 is 4.74 Å². The fourth-order valence-electron chi connectivity index (χ4n) is 1.53. The van der Waals surface area contributed by atoms with Crippen LogP contribution in [0.1, 0.15) is 35.2 Å². The Labute approximate surface area is 102 Å². The third kappa shape index (κ3) is 4.23. The van der Waals surface area contributed by atoms with Gasteiger partial charge in [0.15, 0.2) is 0 Å². The van der Waals surface area contributed by atoms with E-state index in [1.807, 2.05) is 24.3 Å². The van der Waals surface area contributed by atoms with Gasteiger partial charge in [-0.1, -0.05) is 18.6 Å². The van der Waals surface area contributed by atoms with Gasteiger partial charge in [-0.25, -0.2) is 4.79 Å². The normalized spacial score (nSPS) is 10.1. The molecule has 0 aliphatic heterocycles. The zero-order chi connectivity index (χ0) is 11.8. The first-order valence-electron chi connectivity index (χ1n) is 5.51. The highest BCUT2D eigenvalue weighted by atomic mass is 35.5. The van der Waals surface area contributed by atoms with Gasteiger partial charge in [0.2, 0.25) is 0 Å². The summed E-state index contributed by atoms with van der Waals surface area (Å²) < 4.78 is 4.64. The largest absolute Gasteiger partial charge is 0.465 e. The lowest BCUT2D eigenvalue weighted by molar-refractivity contribution is 0.0600. The van der Waals surface area contributed by atoms with Crippen LogP contribution in [0.25, 0.3) is 0 Å². The minimum Gasteiger partial charge on any atom is -0.465 e. The minimum absolute atomic E-state index is 0.284. The van der Waals surface area contributed by atoms with Crippen LogP contribution < -0.4 is 0 Å². The number of halogens is 1. The van der Waals surface area contributed by atoms with Crippen LogP contribution in [0.3, 0.4) is 0 Å². The summed E-state index contributed by atoms with van der Waals surface area (Å²) in [5.74, 6) is 0.454. The Hall–Kier alpha value is -1.02. The smallest absolute Gasteiger partial charge is 0.337 e. The Morgan fingerprint density at radius 3 is 2.44 bits per heavy atom. The van der Waals surface area contributed by atoms with Crippen LogP contribution in [0.2, 0.25) is 0 Å². The van der Waals surface area contributed by atoms with Crippen molar-refractivity contribution in [3.8, 4) is 0 Å². The summed E-state index contributed by atoms with van der Waals surface area (Å²) in [5.41, 5.74) is 1.86. The number of carbonyl (C=O) groups is 1. The maximum Gasteiger partial charge on any atom is 0.337 e. The highest BCUT2D eigenvalue weighted by molar-refractivity contribution is 6.17. The first kappa shape index (κ1) is 13.0. The number of carbonyl (C=O) groups excluding carboxylic acids is 1. The summed E-state index contributed by atoms with van der Waals surface area (Å²) in [7, 11) is 1.39. The van der Waals surface area contributed by atoms with Gasteiger partial charge in [-0.3, -0.25) is 0 Å². The highest BCUT2D eigenvalue weighted by Gasteiger charge is 2.03. The number of alkyl halides is 1. The van der Waals surface area contributed by atoms with E-state index in [0.717, 1.165) is 31.6 Å². The molecule has 0 amide bonds. The predicted octanol–water partition coefficient (Wildman–Crippen LogP) is 3.42. The molecule has 0 saturated carbocycles. The summed E-state index contributed by atoms with van der Waals surface area (Å²) in [6.07, 6.45) is 4.41. The molecule has 2 nitrogen and oxygen atoms in total. The van der Waals surface area contributed by atoms with Gasteiger partial charge in [-0.05, 0) is 37.0 Å². The van der Waals surface area contributed by atoms with E-state index in [2.05, 4.69) is 4.74 Å². The third-order valence-corrected chi connectivity index (χ3v) is 2.74. The van der Waals surface area contributed by atoms with Crippen LogP contribution in [-0.4, -0.2) is 19.0 Å². The Morgan fingerprint density at radius 2 is 1.88 bits per heavy atom. The van der Waals surface area contributed by atoms with E-state index in [-0.39, 0.29) is 5.97 Å². The molecule has 0 aromatic heterocycles. The average molecular weight is 241 g/mol. The molecule has 0 heterocycles. The zero-order valence-corrected chi connectivity index (χ0v) is 10.3. The predicted molar refractivity (Wildman–Crippen MR) is 66.1 cm³/mol. The number of rotatable bonds is 6. The van der Waals surface area contributed by atoms with Gasteiger partial charge in [-0.2, -0.15) is 0 Å². The second kappa shape index (κ2) is 7.29. The molecule has 0 unspecified atom stereocenters. The maximum absolute atomic E-state index is 11.2. The molecule has 1 rings (SSSR count). The Balaban J connectivity index is 2.42. The van der Waals surface area contributed by atoms with Crippen LogP contribution in [0.15, 0.2) is 24.3 Å². The molecule has 1 aromatic carbocycles. The summed E-state index contributed by atoms with van der Waals surface area (Å²) in [6.45, 7) is 0. The average Bonchev–Trinajstić information content (AvgIpc) is 2.34. The molecule has 0 bridgehead atoms. The quantitative estimate of drug-likeness (QED) is 0.433. The second-order valence-corrected chi connectivity index (χ2v) is 4.07.